The van der Waals surface area contributed by atoms with E-state index >= 15 is 0 Å². The number of benzene rings is 1. The molecule has 1 atom stereocenters. The number of nitrogens with one attached hydrogen (secondary N) is 2. The maximum absolute atomic E-state index is 4.79. The summed E-state index contributed by atoms with van der Waals surface area (Å²) in [5.41, 5.74) is 2.64. The zero-order chi connectivity index (χ0) is 19.8. The van der Waals surface area contributed by atoms with Crippen LogP contribution in [0.3, 0.4) is 0 Å². The Hall–Kier alpha value is -2.37. The Morgan fingerprint density at radius 2 is 2.11 bits per heavy atom. The first-order valence-electron chi connectivity index (χ1n) is 10.7. The second kappa shape index (κ2) is 10.2. The van der Waals surface area contributed by atoms with Gasteiger partial charge in [0, 0.05) is 44.9 Å². The minimum absolute atomic E-state index is 0.391. The molecule has 1 aliphatic heterocycles. The summed E-state index contributed by atoms with van der Waals surface area (Å²) in [7, 11) is 0. The van der Waals surface area contributed by atoms with Crippen LogP contribution < -0.4 is 10.6 Å². The van der Waals surface area contributed by atoms with E-state index in [4.69, 9.17) is 4.99 Å². The van der Waals surface area contributed by atoms with Gasteiger partial charge in [0.15, 0.2) is 5.96 Å². The number of fused-ring (bicyclic) bond motifs is 1. The topological polar surface area (TPSA) is 67.1 Å². The quantitative estimate of drug-likeness (QED) is 0.570. The number of hydrogen-bond donors (Lipinski definition) is 2. The molecule has 1 aliphatic rings. The molecule has 0 radical (unpaired) electrons. The highest BCUT2D eigenvalue weighted by Crippen LogP contribution is 2.17. The van der Waals surface area contributed by atoms with Gasteiger partial charge in [0.25, 0.3) is 0 Å². The molecular weight excluding hydrogens is 348 g/mol. The van der Waals surface area contributed by atoms with E-state index in [1.807, 2.05) is 0 Å². The monoisotopic (exact) mass is 382 g/mol. The van der Waals surface area contributed by atoms with Crippen molar-refractivity contribution in [1.29, 1.82) is 0 Å². The SMILES string of the molecule is CCNC(=NCC(C)c1cccc(C)c1)NCCc1nnc2n1CCCCC2. The molecule has 0 bridgehead atoms. The third kappa shape index (κ3) is 5.57. The summed E-state index contributed by atoms with van der Waals surface area (Å²) >= 11 is 0. The minimum Gasteiger partial charge on any atom is -0.357 e. The molecule has 1 aromatic carbocycles. The van der Waals surface area contributed by atoms with Crippen molar-refractivity contribution in [3.05, 3.63) is 47.0 Å². The number of rotatable bonds is 7. The predicted molar refractivity (Wildman–Crippen MR) is 115 cm³/mol. The summed E-state index contributed by atoms with van der Waals surface area (Å²) in [6, 6.07) is 8.69. The van der Waals surface area contributed by atoms with Gasteiger partial charge in [-0.25, -0.2) is 0 Å². The lowest BCUT2D eigenvalue weighted by Gasteiger charge is -2.14. The lowest BCUT2D eigenvalue weighted by molar-refractivity contribution is 0.600. The molecule has 1 aromatic heterocycles. The molecule has 2 aromatic rings. The van der Waals surface area contributed by atoms with Crippen molar-refractivity contribution in [2.45, 2.75) is 65.3 Å². The van der Waals surface area contributed by atoms with E-state index in [1.165, 1.54) is 30.4 Å². The van der Waals surface area contributed by atoms with E-state index < -0.39 is 0 Å². The Balaban J connectivity index is 1.54. The number of aryl methyl sites for hydroxylation is 2. The van der Waals surface area contributed by atoms with Gasteiger partial charge in [-0.1, -0.05) is 43.2 Å². The van der Waals surface area contributed by atoms with Gasteiger partial charge in [0.05, 0.1) is 0 Å². The van der Waals surface area contributed by atoms with E-state index in [1.54, 1.807) is 0 Å². The Morgan fingerprint density at radius 3 is 2.93 bits per heavy atom. The van der Waals surface area contributed by atoms with Crippen LogP contribution >= 0.6 is 0 Å². The van der Waals surface area contributed by atoms with Crippen molar-refractivity contribution < 1.29 is 0 Å². The average molecular weight is 383 g/mol. The Morgan fingerprint density at radius 1 is 1.21 bits per heavy atom. The van der Waals surface area contributed by atoms with Crippen LogP contribution in [-0.4, -0.2) is 40.4 Å². The van der Waals surface area contributed by atoms with Gasteiger partial charge in [0.2, 0.25) is 0 Å². The molecule has 1 unspecified atom stereocenters. The van der Waals surface area contributed by atoms with Crippen LogP contribution in [0.5, 0.6) is 0 Å². The highest BCUT2D eigenvalue weighted by atomic mass is 15.3. The van der Waals surface area contributed by atoms with E-state index in [9.17, 15) is 0 Å². The second-order valence-corrected chi connectivity index (χ2v) is 7.71. The molecular formula is C22H34N6. The van der Waals surface area contributed by atoms with Crippen molar-refractivity contribution in [3.63, 3.8) is 0 Å². The third-order valence-electron chi connectivity index (χ3n) is 5.31. The first kappa shape index (κ1) is 20.4. The predicted octanol–water partition coefficient (Wildman–Crippen LogP) is 3.21. The number of nitrogens with zero attached hydrogens (tertiary/aromatic N) is 4. The van der Waals surface area contributed by atoms with Gasteiger partial charge in [-0.2, -0.15) is 0 Å². The van der Waals surface area contributed by atoms with Crippen LogP contribution in [0.25, 0.3) is 0 Å². The highest BCUT2D eigenvalue weighted by Gasteiger charge is 2.14. The summed E-state index contributed by atoms with van der Waals surface area (Å²) < 4.78 is 2.32. The molecule has 2 heterocycles. The van der Waals surface area contributed by atoms with Crippen molar-refractivity contribution in [1.82, 2.24) is 25.4 Å². The van der Waals surface area contributed by atoms with Crippen LogP contribution in [0.2, 0.25) is 0 Å². The Labute approximate surface area is 168 Å². The van der Waals surface area contributed by atoms with Crippen LogP contribution in [0.4, 0.5) is 0 Å². The van der Waals surface area contributed by atoms with Crippen molar-refractivity contribution in [2.24, 2.45) is 4.99 Å². The molecule has 0 saturated heterocycles. The first-order chi connectivity index (χ1) is 13.7. The van der Waals surface area contributed by atoms with Crippen LogP contribution in [-0.2, 0) is 19.4 Å². The Bertz CT molecular complexity index is 779. The van der Waals surface area contributed by atoms with Crippen molar-refractivity contribution in [3.8, 4) is 0 Å². The van der Waals surface area contributed by atoms with Gasteiger partial charge in [-0.05, 0) is 32.3 Å². The first-order valence-corrected chi connectivity index (χ1v) is 10.7. The lowest BCUT2D eigenvalue weighted by Crippen LogP contribution is -2.38. The molecule has 6 heteroatoms. The normalized spacial score (nSPS) is 15.6. The van der Waals surface area contributed by atoms with Crippen LogP contribution in [0.15, 0.2) is 29.3 Å². The number of hydrogen-bond acceptors (Lipinski definition) is 3. The number of aliphatic imine (C=N–C) groups is 1. The second-order valence-electron chi connectivity index (χ2n) is 7.71. The molecule has 0 fully saturated rings. The summed E-state index contributed by atoms with van der Waals surface area (Å²) in [6.07, 6.45) is 5.67. The maximum Gasteiger partial charge on any atom is 0.191 e. The summed E-state index contributed by atoms with van der Waals surface area (Å²) in [6.45, 7) is 9.94. The number of aromatic nitrogens is 3. The maximum atomic E-state index is 4.79. The van der Waals surface area contributed by atoms with Gasteiger partial charge in [-0.15, -0.1) is 10.2 Å². The average Bonchev–Trinajstić information content (AvgIpc) is 2.92. The minimum atomic E-state index is 0.391. The molecule has 0 spiro atoms. The molecule has 0 amide bonds. The Kier molecular flexibility index (Phi) is 7.46. The molecule has 2 N–H and O–H groups in total. The van der Waals surface area contributed by atoms with E-state index in [-0.39, 0.29) is 0 Å². The zero-order valence-corrected chi connectivity index (χ0v) is 17.5. The fourth-order valence-electron chi connectivity index (χ4n) is 3.67. The fraction of sp³-hybridized carbons (Fsp3) is 0.591. The standard InChI is InChI=1S/C22H34N6/c1-4-23-22(25-16-18(3)19-10-8-9-17(2)15-19)24-13-12-21-27-26-20-11-6-5-7-14-28(20)21/h8-10,15,18H,4-7,11-14,16H2,1-3H3,(H2,23,24,25). The lowest BCUT2D eigenvalue weighted by atomic mass is 10.00. The van der Waals surface area contributed by atoms with E-state index in [2.05, 4.69) is 70.4 Å². The molecule has 0 saturated carbocycles. The van der Waals surface area contributed by atoms with E-state index in [0.717, 1.165) is 56.6 Å². The summed E-state index contributed by atoms with van der Waals surface area (Å²) in [4.78, 5) is 4.79. The van der Waals surface area contributed by atoms with Crippen molar-refractivity contribution in [2.75, 3.05) is 19.6 Å². The molecule has 0 aliphatic carbocycles. The van der Waals surface area contributed by atoms with E-state index in [0.29, 0.717) is 5.92 Å². The van der Waals surface area contributed by atoms with Crippen molar-refractivity contribution >= 4 is 5.96 Å². The third-order valence-corrected chi connectivity index (χ3v) is 5.31. The highest BCUT2D eigenvalue weighted by molar-refractivity contribution is 5.79. The zero-order valence-electron chi connectivity index (χ0n) is 17.5. The van der Waals surface area contributed by atoms with Crippen LogP contribution in [0.1, 0.15) is 61.8 Å². The van der Waals surface area contributed by atoms with Gasteiger partial charge in [0.1, 0.15) is 11.6 Å². The van der Waals surface area contributed by atoms with Gasteiger partial charge < -0.3 is 15.2 Å². The molecule has 152 valence electrons. The molecule has 3 rings (SSSR count). The van der Waals surface area contributed by atoms with Gasteiger partial charge >= 0.3 is 0 Å². The smallest absolute Gasteiger partial charge is 0.191 e. The summed E-state index contributed by atoms with van der Waals surface area (Å²) in [5, 5.41) is 15.6. The largest absolute Gasteiger partial charge is 0.357 e. The number of guanidine groups is 1. The van der Waals surface area contributed by atoms with Crippen LogP contribution in [0, 0.1) is 6.92 Å². The summed E-state index contributed by atoms with van der Waals surface area (Å²) in [5.74, 6) is 3.51. The molecule has 6 nitrogen and oxygen atoms in total. The fourth-order valence-corrected chi connectivity index (χ4v) is 3.67. The molecule has 28 heavy (non-hydrogen) atoms. The van der Waals surface area contributed by atoms with Gasteiger partial charge in [-0.3, -0.25) is 4.99 Å².